The standard InChI is InChI=1S/C17H17N3O4/c18-11-12-4-3-7-14(10-12)24-9-8-19-15(21)16(22)20(17(19)23)13-5-1-2-6-13/h3-4,7,10,13H,1-2,5-6,8-9H2. The smallest absolute Gasteiger partial charge is 0.334 e. The van der Waals surface area contributed by atoms with E-state index in [4.69, 9.17) is 10.00 Å². The van der Waals surface area contributed by atoms with Crippen molar-refractivity contribution in [2.24, 2.45) is 0 Å². The number of amides is 4. The monoisotopic (exact) mass is 327 g/mol. The summed E-state index contributed by atoms with van der Waals surface area (Å²) in [7, 11) is 0. The van der Waals surface area contributed by atoms with E-state index in [0.29, 0.717) is 11.3 Å². The molecule has 3 rings (SSSR count). The van der Waals surface area contributed by atoms with Gasteiger partial charge in [-0.25, -0.2) is 4.79 Å². The van der Waals surface area contributed by atoms with E-state index in [1.54, 1.807) is 24.3 Å². The molecule has 2 fully saturated rings. The van der Waals surface area contributed by atoms with E-state index in [2.05, 4.69) is 0 Å². The van der Waals surface area contributed by atoms with Crippen molar-refractivity contribution in [3.05, 3.63) is 29.8 Å². The molecule has 1 aromatic rings. The van der Waals surface area contributed by atoms with Crippen LogP contribution in [0.2, 0.25) is 0 Å². The zero-order chi connectivity index (χ0) is 17.1. The Morgan fingerprint density at radius 1 is 1.17 bits per heavy atom. The average molecular weight is 327 g/mol. The Morgan fingerprint density at radius 3 is 2.62 bits per heavy atom. The minimum atomic E-state index is -0.790. The highest BCUT2D eigenvalue weighted by Gasteiger charge is 2.47. The molecule has 7 nitrogen and oxygen atoms in total. The number of nitriles is 1. The second kappa shape index (κ2) is 6.71. The lowest BCUT2D eigenvalue weighted by Crippen LogP contribution is -2.40. The van der Waals surface area contributed by atoms with Crippen molar-refractivity contribution in [3.63, 3.8) is 0 Å². The highest BCUT2D eigenvalue weighted by atomic mass is 16.5. The Kier molecular flexibility index (Phi) is 4.47. The van der Waals surface area contributed by atoms with Crippen molar-refractivity contribution < 1.29 is 19.1 Å². The van der Waals surface area contributed by atoms with E-state index in [1.165, 1.54) is 0 Å². The van der Waals surface area contributed by atoms with Gasteiger partial charge in [-0.1, -0.05) is 18.9 Å². The van der Waals surface area contributed by atoms with E-state index >= 15 is 0 Å². The molecule has 1 aromatic carbocycles. The predicted octanol–water partition coefficient (Wildman–Crippen LogP) is 1.67. The molecule has 0 atom stereocenters. The maximum absolute atomic E-state index is 12.4. The minimum Gasteiger partial charge on any atom is -0.492 e. The highest BCUT2D eigenvalue weighted by molar-refractivity contribution is 6.44. The van der Waals surface area contributed by atoms with Crippen LogP contribution in [0.15, 0.2) is 24.3 Å². The number of urea groups is 1. The summed E-state index contributed by atoms with van der Waals surface area (Å²) in [6.07, 6.45) is 3.45. The Morgan fingerprint density at radius 2 is 1.92 bits per heavy atom. The molecule has 1 saturated heterocycles. The molecule has 1 saturated carbocycles. The van der Waals surface area contributed by atoms with Crippen LogP contribution in [0.5, 0.6) is 5.75 Å². The lowest BCUT2D eigenvalue weighted by molar-refractivity contribution is -0.144. The van der Waals surface area contributed by atoms with Gasteiger partial charge < -0.3 is 4.74 Å². The molecule has 7 heteroatoms. The molecule has 0 aromatic heterocycles. The van der Waals surface area contributed by atoms with Gasteiger partial charge in [0, 0.05) is 6.04 Å². The van der Waals surface area contributed by atoms with Crippen molar-refractivity contribution in [3.8, 4) is 11.8 Å². The molecule has 1 aliphatic heterocycles. The van der Waals surface area contributed by atoms with Crippen molar-refractivity contribution in [2.75, 3.05) is 13.2 Å². The summed E-state index contributed by atoms with van der Waals surface area (Å²) in [5.74, 6) is -1.05. The van der Waals surface area contributed by atoms with Crippen LogP contribution in [-0.4, -0.2) is 46.8 Å². The van der Waals surface area contributed by atoms with Crippen LogP contribution in [0.3, 0.4) is 0 Å². The molecule has 2 aliphatic rings. The van der Waals surface area contributed by atoms with Gasteiger partial charge in [-0.05, 0) is 31.0 Å². The van der Waals surface area contributed by atoms with Crippen molar-refractivity contribution >= 4 is 17.8 Å². The molecule has 0 N–H and O–H groups in total. The number of hydrogen-bond donors (Lipinski definition) is 0. The summed E-state index contributed by atoms with van der Waals surface area (Å²) in [4.78, 5) is 38.5. The zero-order valence-electron chi connectivity index (χ0n) is 13.1. The van der Waals surface area contributed by atoms with Gasteiger partial charge in [0.15, 0.2) is 0 Å². The average Bonchev–Trinajstić information content (AvgIpc) is 3.18. The number of carbonyl (C=O) groups is 3. The van der Waals surface area contributed by atoms with Gasteiger partial charge in [0.2, 0.25) is 0 Å². The largest absolute Gasteiger partial charge is 0.492 e. The maximum atomic E-state index is 12.4. The van der Waals surface area contributed by atoms with Gasteiger partial charge in [0.1, 0.15) is 12.4 Å². The van der Waals surface area contributed by atoms with Crippen molar-refractivity contribution in [1.29, 1.82) is 5.26 Å². The summed E-state index contributed by atoms with van der Waals surface area (Å²) in [6, 6.07) is 7.89. The Bertz CT molecular complexity index is 719. The highest BCUT2D eigenvalue weighted by Crippen LogP contribution is 2.27. The maximum Gasteiger partial charge on any atom is 0.334 e. The molecule has 0 radical (unpaired) electrons. The number of imide groups is 2. The number of benzene rings is 1. The van der Waals surface area contributed by atoms with Crippen molar-refractivity contribution in [2.45, 2.75) is 31.7 Å². The molecule has 1 heterocycles. The molecule has 4 amide bonds. The SMILES string of the molecule is N#Cc1cccc(OCCN2C(=O)C(=O)N(C3CCCC3)C2=O)c1. The predicted molar refractivity (Wildman–Crippen MR) is 82.9 cm³/mol. The first-order valence-electron chi connectivity index (χ1n) is 7.94. The van der Waals surface area contributed by atoms with Gasteiger partial charge >= 0.3 is 17.8 Å². The van der Waals surface area contributed by atoms with Gasteiger partial charge in [-0.15, -0.1) is 0 Å². The second-order valence-electron chi connectivity index (χ2n) is 5.84. The molecule has 1 aliphatic carbocycles. The third-order valence-electron chi connectivity index (χ3n) is 4.32. The number of hydrogen-bond acceptors (Lipinski definition) is 5. The van der Waals surface area contributed by atoms with Gasteiger partial charge in [-0.3, -0.25) is 19.4 Å². The second-order valence-corrected chi connectivity index (χ2v) is 5.84. The van der Waals surface area contributed by atoms with Crippen LogP contribution < -0.4 is 4.74 Å². The van der Waals surface area contributed by atoms with Gasteiger partial charge in [-0.2, -0.15) is 5.26 Å². The molecular weight excluding hydrogens is 310 g/mol. The van der Waals surface area contributed by atoms with E-state index in [-0.39, 0.29) is 19.2 Å². The van der Waals surface area contributed by atoms with E-state index < -0.39 is 17.8 Å². The zero-order valence-corrected chi connectivity index (χ0v) is 13.1. The van der Waals surface area contributed by atoms with Crippen LogP contribution in [-0.2, 0) is 9.59 Å². The van der Waals surface area contributed by atoms with Crippen LogP contribution in [0, 0.1) is 11.3 Å². The van der Waals surface area contributed by atoms with E-state index in [0.717, 1.165) is 35.5 Å². The first-order valence-corrected chi connectivity index (χ1v) is 7.94. The minimum absolute atomic E-state index is 0.00338. The molecule has 0 spiro atoms. The quantitative estimate of drug-likeness (QED) is 0.606. The van der Waals surface area contributed by atoms with Crippen LogP contribution in [0.25, 0.3) is 0 Å². The van der Waals surface area contributed by atoms with Gasteiger partial charge in [0.25, 0.3) is 0 Å². The number of nitrogens with zero attached hydrogens (tertiary/aromatic N) is 3. The fourth-order valence-corrected chi connectivity index (χ4v) is 3.11. The molecular formula is C17H17N3O4. The number of carbonyl (C=O) groups excluding carboxylic acids is 3. The lowest BCUT2D eigenvalue weighted by Gasteiger charge is -2.21. The number of rotatable bonds is 5. The normalized spacial score (nSPS) is 18.4. The third-order valence-corrected chi connectivity index (χ3v) is 4.32. The first-order chi connectivity index (χ1) is 11.6. The lowest BCUT2D eigenvalue weighted by atomic mass is 10.2. The molecule has 124 valence electrons. The van der Waals surface area contributed by atoms with Crippen molar-refractivity contribution in [1.82, 2.24) is 9.80 Å². The molecule has 24 heavy (non-hydrogen) atoms. The molecule has 0 bridgehead atoms. The summed E-state index contributed by atoms with van der Waals surface area (Å²) in [5.41, 5.74) is 0.461. The number of ether oxygens (including phenoxy) is 1. The Labute approximate surface area is 139 Å². The fraction of sp³-hybridized carbons (Fsp3) is 0.412. The van der Waals surface area contributed by atoms with Crippen LogP contribution in [0.4, 0.5) is 4.79 Å². The fourth-order valence-electron chi connectivity index (χ4n) is 3.11. The van der Waals surface area contributed by atoms with Crippen LogP contribution >= 0.6 is 0 Å². The summed E-state index contributed by atoms with van der Waals surface area (Å²) in [6.45, 7) is 0.0710. The summed E-state index contributed by atoms with van der Waals surface area (Å²) in [5, 5.41) is 8.85. The topological polar surface area (TPSA) is 90.7 Å². The van der Waals surface area contributed by atoms with E-state index in [1.807, 2.05) is 6.07 Å². The summed E-state index contributed by atoms with van der Waals surface area (Å²) < 4.78 is 5.48. The van der Waals surface area contributed by atoms with Crippen LogP contribution in [0.1, 0.15) is 31.2 Å². The Balaban J connectivity index is 1.60. The Hall–Kier alpha value is -2.88. The van der Waals surface area contributed by atoms with Gasteiger partial charge in [0.05, 0.1) is 18.2 Å². The molecule has 0 unspecified atom stereocenters. The van der Waals surface area contributed by atoms with E-state index in [9.17, 15) is 14.4 Å². The summed E-state index contributed by atoms with van der Waals surface area (Å²) >= 11 is 0. The third kappa shape index (κ3) is 2.95. The first kappa shape index (κ1) is 16.0.